The summed E-state index contributed by atoms with van der Waals surface area (Å²) in [5.41, 5.74) is 0. The molecule has 58 valence electrons. The summed E-state index contributed by atoms with van der Waals surface area (Å²) in [4.78, 5) is 0. The van der Waals surface area contributed by atoms with Gasteiger partial charge in [-0.25, -0.2) is 0 Å². The standard InChI is InChI=1S/C8H14O2/c1-2-3-7-10-8-5-4-6-9/h1,9H,3-8H2. The number of rotatable bonds is 6. The van der Waals surface area contributed by atoms with Gasteiger partial charge in [-0.15, -0.1) is 12.3 Å². The lowest BCUT2D eigenvalue weighted by atomic mass is 10.3. The van der Waals surface area contributed by atoms with Crippen molar-refractivity contribution in [3.8, 4) is 12.3 Å². The van der Waals surface area contributed by atoms with Crippen molar-refractivity contribution in [1.29, 1.82) is 0 Å². The zero-order chi connectivity index (χ0) is 7.66. The van der Waals surface area contributed by atoms with E-state index in [1.165, 1.54) is 0 Å². The van der Waals surface area contributed by atoms with E-state index in [1.807, 2.05) is 0 Å². The van der Waals surface area contributed by atoms with Gasteiger partial charge in [-0.2, -0.15) is 0 Å². The number of aliphatic hydroxyl groups is 1. The number of aliphatic hydroxyl groups excluding tert-OH is 1. The molecule has 0 atom stereocenters. The van der Waals surface area contributed by atoms with Crippen molar-refractivity contribution in [3.05, 3.63) is 0 Å². The van der Waals surface area contributed by atoms with Crippen LogP contribution in [0, 0.1) is 12.3 Å². The van der Waals surface area contributed by atoms with Crippen LogP contribution in [0.1, 0.15) is 19.3 Å². The van der Waals surface area contributed by atoms with Crippen molar-refractivity contribution >= 4 is 0 Å². The highest BCUT2D eigenvalue weighted by Gasteiger charge is 1.86. The highest BCUT2D eigenvalue weighted by atomic mass is 16.5. The van der Waals surface area contributed by atoms with Gasteiger partial charge in [0.25, 0.3) is 0 Å². The zero-order valence-electron chi connectivity index (χ0n) is 6.18. The van der Waals surface area contributed by atoms with E-state index in [0.29, 0.717) is 19.6 Å². The molecule has 0 aromatic carbocycles. The van der Waals surface area contributed by atoms with E-state index in [2.05, 4.69) is 5.92 Å². The van der Waals surface area contributed by atoms with E-state index in [0.717, 1.165) is 12.8 Å². The fourth-order valence-electron chi connectivity index (χ4n) is 0.549. The molecule has 0 aliphatic carbocycles. The first kappa shape index (κ1) is 9.48. The van der Waals surface area contributed by atoms with Crippen LogP contribution in [-0.4, -0.2) is 24.9 Å². The van der Waals surface area contributed by atoms with Gasteiger partial charge in [0.1, 0.15) is 0 Å². The summed E-state index contributed by atoms with van der Waals surface area (Å²) in [6.45, 7) is 1.60. The lowest BCUT2D eigenvalue weighted by molar-refractivity contribution is 0.130. The number of hydrogen-bond acceptors (Lipinski definition) is 2. The summed E-state index contributed by atoms with van der Waals surface area (Å²) in [5, 5.41) is 8.38. The molecule has 10 heavy (non-hydrogen) atoms. The lowest BCUT2D eigenvalue weighted by Crippen LogP contribution is -1.96. The third-order valence-corrected chi connectivity index (χ3v) is 1.09. The summed E-state index contributed by atoms with van der Waals surface area (Å²) in [6, 6.07) is 0. The molecule has 0 unspecified atom stereocenters. The van der Waals surface area contributed by atoms with Crippen molar-refractivity contribution in [2.45, 2.75) is 19.3 Å². The number of terminal acetylenes is 1. The quantitative estimate of drug-likeness (QED) is 0.439. The van der Waals surface area contributed by atoms with Crippen LogP contribution in [0.15, 0.2) is 0 Å². The predicted octanol–water partition coefficient (Wildman–Crippen LogP) is 0.799. The maximum atomic E-state index is 8.38. The Bertz CT molecular complexity index is 93.9. The summed E-state index contributed by atoms with van der Waals surface area (Å²) < 4.78 is 5.12. The SMILES string of the molecule is C#CCCOCCCCO. The second-order valence-corrected chi connectivity index (χ2v) is 2.00. The molecule has 0 bridgehead atoms. The molecule has 0 amide bonds. The molecular formula is C8H14O2. The van der Waals surface area contributed by atoms with Crippen molar-refractivity contribution in [3.63, 3.8) is 0 Å². The Hall–Kier alpha value is -0.520. The first-order valence-electron chi connectivity index (χ1n) is 3.54. The van der Waals surface area contributed by atoms with E-state index in [-0.39, 0.29) is 6.61 Å². The minimum atomic E-state index is 0.249. The summed E-state index contributed by atoms with van der Waals surface area (Å²) in [7, 11) is 0. The monoisotopic (exact) mass is 142 g/mol. The van der Waals surface area contributed by atoms with Crippen molar-refractivity contribution in [2.75, 3.05) is 19.8 Å². The molecule has 0 saturated carbocycles. The van der Waals surface area contributed by atoms with E-state index >= 15 is 0 Å². The van der Waals surface area contributed by atoms with E-state index in [9.17, 15) is 0 Å². The van der Waals surface area contributed by atoms with Crippen molar-refractivity contribution < 1.29 is 9.84 Å². The number of unbranched alkanes of at least 4 members (excludes halogenated alkanes) is 1. The van der Waals surface area contributed by atoms with Crippen LogP contribution in [0.2, 0.25) is 0 Å². The largest absolute Gasteiger partial charge is 0.396 e. The predicted molar refractivity (Wildman–Crippen MR) is 40.6 cm³/mol. The Balaban J connectivity index is 2.72. The maximum Gasteiger partial charge on any atom is 0.0575 e. The smallest absolute Gasteiger partial charge is 0.0575 e. The topological polar surface area (TPSA) is 29.5 Å². The molecule has 0 rings (SSSR count). The van der Waals surface area contributed by atoms with Crippen molar-refractivity contribution in [1.82, 2.24) is 0 Å². The normalized spacial score (nSPS) is 9.20. The van der Waals surface area contributed by atoms with Crippen LogP contribution in [0.3, 0.4) is 0 Å². The van der Waals surface area contributed by atoms with Gasteiger partial charge < -0.3 is 9.84 Å². The fraction of sp³-hybridized carbons (Fsp3) is 0.750. The first-order chi connectivity index (χ1) is 4.91. The molecule has 0 radical (unpaired) electrons. The second kappa shape index (κ2) is 8.48. The molecule has 0 heterocycles. The molecule has 0 spiro atoms. The highest BCUT2D eigenvalue weighted by Crippen LogP contribution is 1.88. The van der Waals surface area contributed by atoms with E-state index in [1.54, 1.807) is 0 Å². The molecule has 1 N–H and O–H groups in total. The molecule has 0 aliphatic rings. The average molecular weight is 142 g/mol. The number of hydrogen-bond donors (Lipinski definition) is 1. The first-order valence-corrected chi connectivity index (χ1v) is 3.54. The van der Waals surface area contributed by atoms with Gasteiger partial charge in [0.2, 0.25) is 0 Å². The van der Waals surface area contributed by atoms with Crippen LogP contribution in [0.5, 0.6) is 0 Å². The van der Waals surface area contributed by atoms with Gasteiger partial charge in [-0.3, -0.25) is 0 Å². The Kier molecular flexibility index (Phi) is 8.04. The minimum Gasteiger partial charge on any atom is -0.396 e. The van der Waals surface area contributed by atoms with Gasteiger partial charge in [0, 0.05) is 19.6 Å². The van der Waals surface area contributed by atoms with Gasteiger partial charge in [-0.05, 0) is 12.8 Å². The molecule has 0 aromatic rings. The molecule has 2 heteroatoms. The van der Waals surface area contributed by atoms with Crippen LogP contribution in [0.4, 0.5) is 0 Å². The number of ether oxygens (including phenoxy) is 1. The Morgan fingerprint density at radius 1 is 1.30 bits per heavy atom. The van der Waals surface area contributed by atoms with E-state index in [4.69, 9.17) is 16.3 Å². The summed E-state index contributed by atoms with van der Waals surface area (Å²) in [5.74, 6) is 2.48. The zero-order valence-corrected chi connectivity index (χ0v) is 6.18. The van der Waals surface area contributed by atoms with E-state index < -0.39 is 0 Å². The van der Waals surface area contributed by atoms with Crippen LogP contribution in [-0.2, 0) is 4.74 Å². The lowest BCUT2D eigenvalue weighted by Gasteiger charge is -1.98. The molecular weight excluding hydrogens is 128 g/mol. The maximum absolute atomic E-state index is 8.38. The summed E-state index contributed by atoms with van der Waals surface area (Å²) >= 11 is 0. The minimum absolute atomic E-state index is 0.249. The Morgan fingerprint density at radius 3 is 2.70 bits per heavy atom. The van der Waals surface area contributed by atoms with Gasteiger partial charge in [0.15, 0.2) is 0 Å². The summed E-state index contributed by atoms with van der Waals surface area (Å²) in [6.07, 6.45) is 7.41. The third-order valence-electron chi connectivity index (χ3n) is 1.09. The molecule has 0 fully saturated rings. The molecule has 0 aliphatic heterocycles. The van der Waals surface area contributed by atoms with Crippen molar-refractivity contribution in [2.24, 2.45) is 0 Å². The fourth-order valence-corrected chi connectivity index (χ4v) is 0.549. The molecule has 0 saturated heterocycles. The van der Waals surface area contributed by atoms with Crippen LogP contribution in [0.25, 0.3) is 0 Å². The van der Waals surface area contributed by atoms with Crippen LogP contribution < -0.4 is 0 Å². The Labute approximate surface area is 62.2 Å². The molecule has 0 aromatic heterocycles. The second-order valence-electron chi connectivity index (χ2n) is 2.00. The highest BCUT2D eigenvalue weighted by molar-refractivity contribution is 4.82. The van der Waals surface area contributed by atoms with Gasteiger partial charge >= 0.3 is 0 Å². The van der Waals surface area contributed by atoms with Gasteiger partial charge in [-0.1, -0.05) is 0 Å². The van der Waals surface area contributed by atoms with Gasteiger partial charge in [0.05, 0.1) is 6.61 Å². The average Bonchev–Trinajstić information content (AvgIpc) is 1.97. The Morgan fingerprint density at radius 2 is 2.10 bits per heavy atom. The third kappa shape index (κ3) is 7.48. The molecule has 2 nitrogen and oxygen atoms in total. The van der Waals surface area contributed by atoms with Crippen LogP contribution >= 0.6 is 0 Å².